The third kappa shape index (κ3) is 2.67. The van der Waals surface area contributed by atoms with E-state index < -0.39 is 0 Å². The zero-order valence-electron chi connectivity index (χ0n) is 16.0. The zero-order chi connectivity index (χ0) is 20.1. The number of nitrogens with one attached hydrogen (secondary N) is 1. The van der Waals surface area contributed by atoms with Gasteiger partial charge in [0.05, 0.1) is 16.6 Å². The number of imidazole rings is 1. The normalized spacial score (nSPS) is 12.6. The summed E-state index contributed by atoms with van der Waals surface area (Å²) in [4.78, 5) is 21.5. The van der Waals surface area contributed by atoms with Crippen molar-refractivity contribution >= 4 is 22.5 Å². The van der Waals surface area contributed by atoms with Gasteiger partial charge in [0.25, 0.3) is 0 Å². The largest absolute Gasteiger partial charge is 0.384 e. The van der Waals surface area contributed by atoms with Gasteiger partial charge in [0.15, 0.2) is 17.3 Å². The molecule has 4 aromatic rings. The lowest BCUT2D eigenvalue weighted by Crippen LogP contribution is -2.11. The molecule has 0 amide bonds. The van der Waals surface area contributed by atoms with Crippen molar-refractivity contribution in [1.29, 1.82) is 5.26 Å². The Morgan fingerprint density at radius 1 is 1.28 bits per heavy atom. The van der Waals surface area contributed by atoms with Crippen molar-refractivity contribution in [1.82, 2.24) is 24.3 Å². The molecule has 8 nitrogen and oxygen atoms in total. The SMILES string of the molecule is CC(=O)c1ccc(-n2cnc3cc4c(cc32)NCC4)nc1-n1nc(C#N)cc1C. The average Bonchev–Trinajstić information content (AvgIpc) is 3.43. The third-order valence-corrected chi connectivity index (χ3v) is 5.17. The molecule has 0 saturated heterocycles. The minimum absolute atomic E-state index is 0.120. The number of Topliss-reactive ketones (excluding diaryl/α,β-unsaturated/α-hetero) is 1. The monoisotopic (exact) mass is 383 g/mol. The molecule has 1 N–H and O–H groups in total. The molecule has 0 radical (unpaired) electrons. The molecule has 142 valence electrons. The molecule has 0 aliphatic carbocycles. The molecule has 0 spiro atoms. The highest BCUT2D eigenvalue weighted by atomic mass is 16.1. The van der Waals surface area contributed by atoms with Crippen LogP contribution in [0.4, 0.5) is 5.69 Å². The third-order valence-electron chi connectivity index (χ3n) is 5.17. The number of anilines is 1. The molecule has 29 heavy (non-hydrogen) atoms. The van der Waals surface area contributed by atoms with Crippen molar-refractivity contribution in [3.63, 3.8) is 0 Å². The van der Waals surface area contributed by atoms with Crippen LogP contribution in [0.5, 0.6) is 0 Å². The van der Waals surface area contributed by atoms with Crippen molar-refractivity contribution in [2.45, 2.75) is 20.3 Å². The minimum Gasteiger partial charge on any atom is -0.384 e. The van der Waals surface area contributed by atoms with Gasteiger partial charge in [-0.3, -0.25) is 9.36 Å². The second-order valence-electron chi connectivity index (χ2n) is 7.08. The lowest BCUT2D eigenvalue weighted by Gasteiger charge is -2.11. The predicted octanol–water partition coefficient (Wildman–Crippen LogP) is 2.96. The van der Waals surface area contributed by atoms with Crippen LogP contribution in [0.1, 0.15) is 34.2 Å². The van der Waals surface area contributed by atoms with Crippen LogP contribution in [0.2, 0.25) is 0 Å². The van der Waals surface area contributed by atoms with E-state index in [0.29, 0.717) is 17.2 Å². The number of carbonyl (C=O) groups is 1. The smallest absolute Gasteiger partial charge is 0.166 e. The molecule has 4 heterocycles. The van der Waals surface area contributed by atoms with Gasteiger partial charge in [0.2, 0.25) is 0 Å². The van der Waals surface area contributed by atoms with Crippen LogP contribution in [-0.4, -0.2) is 36.6 Å². The number of benzene rings is 1. The average molecular weight is 383 g/mol. The number of rotatable bonds is 3. The Bertz CT molecular complexity index is 1340. The fourth-order valence-electron chi connectivity index (χ4n) is 3.74. The molecule has 8 heteroatoms. The highest BCUT2D eigenvalue weighted by Gasteiger charge is 2.18. The Morgan fingerprint density at radius 2 is 2.14 bits per heavy atom. The van der Waals surface area contributed by atoms with Gasteiger partial charge in [-0.2, -0.15) is 10.4 Å². The summed E-state index contributed by atoms with van der Waals surface area (Å²) in [6, 6.07) is 11.4. The number of pyridine rings is 1. The molecule has 1 aliphatic rings. The van der Waals surface area contributed by atoms with Crippen molar-refractivity contribution in [3.8, 4) is 17.7 Å². The molecule has 0 saturated carbocycles. The highest BCUT2D eigenvalue weighted by Crippen LogP contribution is 2.29. The van der Waals surface area contributed by atoms with Gasteiger partial charge < -0.3 is 5.32 Å². The number of hydrogen-bond acceptors (Lipinski definition) is 6. The van der Waals surface area contributed by atoms with E-state index in [1.165, 1.54) is 17.2 Å². The second-order valence-corrected chi connectivity index (χ2v) is 7.08. The number of carbonyl (C=O) groups excluding carboxylic acids is 1. The summed E-state index contributed by atoms with van der Waals surface area (Å²) in [5.41, 5.74) is 5.65. The van der Waals surface area contributed by atoms with E-state index in [-0.39, 0.29) is 11.5 Å². The molecular formula is C21H17N7O. The molecule has 1 aromatic carbocycles. The number of nitriles is 1. The topological polar surface area (TPSA) is 101 Å². The van der Waals surface area contributed by atoms with Crippen LogP contribution >= 0.6 is 0 Å². The first-order valence-electron chi connectivity index (χ1n) is 9.28. The first-order chi connectivity index (χ1) is 14.0. The predicted molar refractivity (Wildman–Crippen MR) is 108 cm³/mol. The fourth-order valence-corrected chi connectivity index (χ4v) is 3.74. The molecule has 5 rings (SSSR count). The van der Waals surface area contributed by atoms with Gasteiger partial charge in [0, 0.05) is 17.9 Å². The number of fused-ring (bicyclic) bond motifs is 2. The Hall–Kier alpha value is -3.99. The van der Waals surface area contributed by atoms with E-state index in [9.17, 15) is 4.79 Å². The Balaban J connectivity index is 1.71. The van der Waals surface area contributed by atoms with E-state index >= 15 is 0 Å². The first-order valence-corrected chi connectivity index (χ1v) is 9.28. The van der Waals surface area contributed by atoms with Crippen molar-refractivity contribution < 1.29 is 4.79 Å². The summed E-state index contributed by atoms with van der Waals surface area (Å²) >= 11 is 0. The fraction of sp³-hybridized carbons (Fsp3) is 0.190. The highest BCUT2D eigenvalue weighted by molar-refractivity contribution is 5.97. The maximum absolute atomic E-state index is 12.2. The van der Waals surface area contributed by atoms with E-state index in [0.717, 1.165) is 35.4 Å². The number of ketones is 1. The van der Waals surface area contributed by atoms with Crippen LogP contribution in [0, 0.1) is 18.3 Å². The van der Waals surface area contributed by atoms with Gasteiger partial charge in [-0.25, -0.2) is 14.6 Å². The maximum Gasteiger partial charge on any atom is 0.166 e. The number of hydrogen-bond donors (Lipinski definition) is 1. The summed E-state index contributed by atoms with van der Waals surface area (Å²) in [5.74, 6) is 0.902. The van der Waals surface area contributed by atoms with E-state index in [1.54, 1.807) is 24.5 Å². The van der Waals surface area contributed by atoms with Crippen LogP contribution in [0.15, 0.2) is 36.7 Å². The first kappa shape index (κ1) is 17.1. The molecule has 3 aromatic heterocycles. The Morgan fingerprint density at radius 3 is 2.90 bits per heavy atom. The van der Waals surface area contributed by atoms with Gasteiger partial charge in [0.1, 0.15) is 18.2 Å². The summed E-state index contributed by atoms with van der Waals surface area (Å²) in [6.45, 7) is 4.25. The second kappa shape index (κ2) is 6.27. The molecule has 0 atom stereocenters. The molecule has 0 fully saturated rings. The van der Waals surface area contributed by atoms with E-state index in [4.69, 9.17) is 10.2 Å². The maximum atomic E-state index is 12.2. The van der Waals surface area contributed by atoms with Gasteiger partial charge >= 0.3 is 0 Å². The van der Waals surface area contributed by atoms with E-state index in [2.05, 4.69) is 27.5 Å². The van der Waals surface area contributed by atoms with Crippen LogP contribution in [0.25, 0.3) is 22.7 Å². The summed E-state index contributed by atoms with van der Waals surface area (Å²) < 4.78 is 3.43. The van der Waals surface area contributed by atoms with Gasteiger partial charge in [-0.1, -0.05) is 0 Å². The summed E-state index contributed by atoms with van der Waals surface area (Å²) in [7, 11) is 0. The quantitative estimate of drug-likeness (QED) is 0.546. The summed E-state index contributed by atoms with van der Waals surface area (Å²) in [5, 5.41) is 16.8. The Kier molecular flexibility index (Phi) is 3.71. The number of aromatic nitrogens is 5. The standard InChI is InChI=1S/C21H17N7O/c1-12-7-15(10-22)26-28(12)21-16(13(2)29)3-4-20(25-21)27-11-24-18-8-14-5-6-23-17(14)9-19(18)27/h3-4,7-9,11,23H,5-6H2,1-2H3. The minimum atomic E-state index is -0.120. The van der Waals surface area contributed by atoms with Crippen molar-refractivity contribution in [3.05, 3.63) is 59.2 Å². The molecular weight excluding hydrogens is 366 g/mol. The van der Waals surface area contributed by atoms with Gasteiger partial charge in [-0.15, -0.1) is 0 Å². The molecule has 1 aliphatic heterocycles. The van der Waals surface area contributed by atoms with Crippen molar-refractivity contribution in [2.24, 2.45) is 0 Å². The van der Waals surface area contributed by atoms with E-state index in [1.807, 2.05) is 17.6 Å². The van der Waals surface area contributed by atoms with Crippen LogP contribution in [0.3, 0.4) is 0 Å². The summed E-state index contributed by atoms with van der Waals surface area (Å²) in [6.07, 6.45) is 2.73. The molecule has 0 bridgehead atoms. The van der Waals surface area contributed by atoms with Gasteiger partial charge in [-0.05, 0) is 56.2 Å². The molecule has 0 unspecified atom stereocenters. The zero-order valence-corrected chi connectivity index (χ0v) is 16.0. The Labute approximate surface area is 166 Å². The number of nitrogens with zero attached hydrogens (tertiary/aromatic N) is 6. The van der Waals surface area contributed by atoms with Crippen LogP contribution in [-0.2, 0) is 6.42 Å². The lowest BCUT2D eigenvalue weighted by atomic mass is 10.1. The lowest BCUT2D eigenvalue weighted by molar-refractivity contribution is 0.101. The van der Waals surface area contributed by atoms with Crippen LogP contribution < -0.4 is 5.32 Å². The van der Waals surface area contributed by atoms with Crippen molar-refractivity contribution in [2.75, 3.05) is 11.9 Å². The number of aryl methyl sites for hydroxylation is 1.